The van der Waals surface area contributed by atoms with Gasteiger partial charge in [-0.05, 0) is 47.1 Å². The highest BCUT2D eigenvalue weighted by atomic mass is 32.2. The molecule has 0 aliphatic heterocycles. The lowest BCUT2D eigenvalue weighted by Crippen LogP contribution is -2.29. The standard InChI is InChI=1S/C23H33N5O2S2/c1-12-13(2)32-21-18(12)20(30)24-16(25-21)11-31-14(3)19(29)26-17-10-15(22(4,5)6)27-28(17)23(7,8)9/h10,14H,11H2,1-9H3,(H,26,29)(H,24,25,30). The molecule has 174 valence electrons. The normalized spacial score (nSPS) is 13.5. The molecule has 0 aliphatic rings. The van der Waals surface area contributed by atoms with Gasteiger partial charge in [-0.1, -0.05) is 20.8 Å². The van der Waals surface area contributed by atoms with Crippen molar-refractivity contribution in [2.75, 3.05) is 5.32 Å². The van der Waals surface area contributed by atoms with E-state index in [4.69, 9.17) is 5.10 Å². The van der Waals surface area contributed by atoms with Crippen LogP contribution in [-0.4, -0.2) is 30.9 Å². The molecule has 3 heterocycles. The third kappa shape index (κ3) is 5.09. The lowest BCUT2D eigenvalue weighted by molar-refractivity contribution is -0.115. The van der Waals surface area contributed by atoms with Gasteiger partial charge in [0.1, 0.15) is 16.5 Å². The molecule has 0 aromatic carbocycles. The number of aryl methyl sites for hydroxylation is 2. The summed E-state index contributed by atoms with van der Waals surface area (Å²) in [5, 5.41) is 8.14. The first-order valence-corrected chi connectivity index (χ1v) is 12.6. The lowest BCUT2D eigenvalue weighted by Gasteiger charge is -2.23. The SMILES string of the molecule is Cc1sc2nc(CSC(C)C(=O)Nc3cc(C(C)(C)C)nn3C(C)(C)C)[nH]c(=O)c2c1C. The van der Waals surface area contributed by atoms with Crippen molar-refractivity contribution in [1.29, 1.82) is 0 Å². The molecule has 0 radical (unpaired) electrons. The van der Waals surface area contributed by atoms with E-state index in [2.05, 4.69) is 56.8 Å². The van der Waals surface area contributed by atoms with E-state index >= 15 is 0 Å². The number of amides is 1. The highest BCUT2D eigenvalue weighted by Gasteiger charge is 2.27. The number of carbonyl (C=O) groups is 1. The Hall–Kier alpha value is -2.13. The third-order valence-corrected chi connectivity index (χ3v) is 7.55. The van der Waals surface area contributed by atoms with Crippen LogP contribution in [0.5, 0.6) is 0 Å². The van der Waals surface area contributed by atoms with Gasteiger partial charge in [-0.15, -0.1) is 23.1 Å². The van der Waals surface area contributed by atoms with Crippen LogP contribution in [-0.2, 0) is 21.5 Å². The smallest absolute Gasteiger partial charge is 0.259 e. The van der Waals surface area contributed by atoms with Crippen LogP contribution in [0.25, 0.3) is 10.2 Å². The summed E-state index contributed by atoms with van der Waals surface area (Å²) >= 11 is 2.97. The van der Waals surface area contributed by atoms with Gasteiger partial charge in [0.25, 0.3) is 5.56 Å². The van der Waals surface area contributed by atoms with Crippen LogP contribution in [0.15, 0.2) is 10.9 Å². The Morgan fingerprint density at radius 3 is 2.50 bits per heavy atom. The maximum atomic E-state index is 12.9. The molecule has 3 aromatic heterocycles. The maximum absolute atomic E-state index is 12.9. The highest BCUT2D eigenvalue weighted by molar-refractivity contribution is 7.99. The van der Waals surface area contributed by atoms with Crippen LogP contribution in [0.1, 0.15) is 70.4 Å². The van der Waals surface area contributed by atoms with E-state index < -0.39 is 0 Å². The molecular formula is C23H33N5O2S2. The molecule has 0 fully saturated rings. The first-order valence-electron chi connectivity index (χ1n) is 10.7. The molecule has 0 spiro atoms. The maximum Gasteiger partial charge on any atom is 0.259 e. The van der Waals surface area contributed by atoms with Gasteiger partial charge in [0.15, 0.2) is 0 Å². The van der Waals surface area contributed by atoms with E-state index in [0.29, 0.717) is 22.8 Å². The van der Waals surface area contributed by atoms with Crippen molar-refractivity contribution in [3.05, 3.63) is 38.4 Å². The van der Waals surface area contributed by atoms with Crippen molar-refractivity contribution < 1.29 is 4.79 Å². The summed E-state index contributed by atoms with van der Waals surface area (Å²) in [5.74, 6) is 1.62. The van der Waals surface area contributed by atoms with Crippen molar-refractivity contribution in [1.82, 2.24) is 19.7 Å². The monoisotopic (exact) mass is 475 g/mol. The zero-order valence-corrected chi connectivity index (χ0v) is 22.0. The van der Waals surface area contributed by atoms with Crippen LogP contribution in [0.2, 0.25) is 0 Å². The number of aromatic nitrogens is 4. The molecule has 1 atom stereocenters. The summed E-state index contributed by atoms with van der Waals surface area (Å²) in [6, 6.07) is 1.95. The average Bonchev–Trinajstić information content (AvgIpc) is 3.21. The fourth-order valence-corrected chi connectivity index (χ4v) is 5.03. The van der Waals surface area contributed by atoms with Gasteiger partial charge in [-0.25, -0.2) is 9.67 Å². The topological polar surface area (TPSA) is 92.7 Å². The van der Waals surface area contributed by atoms with Crippen molar-refractivity contribution in [3.8, 4) is 0 Å². The van der Waals surface area contributed by atoms with Crippen molar-refractivity contribution >= 4 is 45.0 Å². The van der Waals surface area contributed by atoms with E-state index in [1.165, 1.54) is 23.1 Å². The molecule has 0 saturated carbocycles. The Morgan fingerprint density at radius 1 is 1.25 bits per heavy atom. The fraction of sp³-hybridized carbons (Fsp3) is 0.565. The molecule has 9 heteroatoms. The molecule has 32 heavy (non-hydrogen) atoms. The van der Waals surface area contributed by atoms with Gasteiger partial charge in [0, 0.05) is 16.4 Å². The molecule has 1 unspecified atom stereocenters. The van der Waals surface area contributed by atoms with Gasteiger partial charge in [0.2, 0.25) is 5.91 Å². The quantitative estimate of drug-likeness (QED) is 0.535. The number of aromatic amines is 1. The Kier molecular flexibility index (Phi) is 6.64. The van der Waals surface area contributed by atoms with Crippen molar-refractivity contribution in [2.24, 2.45) is 0 Å². The largest absolute Gasteiger partial charge is 0.310 e. The minimum atomic E-state index is -0.329. The van der Waals surface area contributed by atoms with Crippen LogP contribution in [0.4, 0.5) is 5.82 Å². The third-order valence-electron chi connectivity index (χ3n) is 5.29. The average molecular weight is 476 g/mol. The number of fused-ring (bicyclic) bond motifs is 1. The van der Waals surface area contributed by atoms with Crippen molar-refractivity contribution in [2.45, 2.75) is 84.3 Å². The minimum absolute atomic E-state index is 0.105. The van der Waals surface area contributed by atoms with Crippen LogP contribution in [0.3, 0.4) is 0 Å². The fourth-order valence-electron chi connectivity index (χ4n) is 3.22. The van der Waals surface area contributed by atoms with Gasteiger partial charge in [0.05, 0.1) is 27.6 Å². The molecule has 7 nitrogen and oxygen atoms in total. The second-order valence-electron chi connectivity index (χ2n) is 10.2. The molecule has 0 aliphatic carbocycles. The summed E-state index contributed by atoms with van der Waals surface area (Å²) in [6.45, 7) is 18.3. The number of anilines is 1. The number of hydrogen-bond acceptors (Lipinski definition) is 6. The molecule has 3 rings (SSSR count). The Morgan fingerprint density at radius 2 is 1.91 bits per heavy atom. The van der Waals surface area contributed by atoms with E-state index in [0.717, 1.165) is 21.0 Å². The summed E-state index contributed by atoms with van der Waals surface area (Å²) in [7, 11) is 0. The van der Waals surface area contributed by atoms with E-state index in [1.54, 1.807) is 0 Å². The van der Waals surface area contributed by atoms with E-state index in [9.17, 15) is 9.59 Å². The molecule has 1 amide bonds. The highest BCUT2D eigenvalue weighted by Crippen LogP contribution is 2.29. The van der Waals surface area contributed by atoms with Crippen LogP contribution >= 0.6 is 23.1 Å². The number of nitrogens with zero attached hydrogens (tertiary/aromatic N) is 3. The van der Waals surface area contributed by atoms with Gasteiger partial charge >= 0.3 is 0 Å². The summed E-state index contributed by atoms with van der Waals surface area (Å²) in [5.41, 5.74) is 1.41. The summed E-state index contributed by atoms with van der Waals surface area (Å²) < 4.78 is 1.87. The number of H-pyrrole nitrogens is 1. The van der Waals surface area contributed by atoms with Crippen LogP contribution in [0, 0.1) is 13.8 Å². The van der Waals surface area contributed by atoms with Crippen LogP contribution < -0.4 is 10.9 Å². The molecule has 2 N–H and O–H groups in total. The molecule has 0 bridgehead atoms. The van der Waals surface area contributed by atoms with Gasteiger partial charge in [-0.3, -0.25) is 9.59 Å². The first-order chi connectivity index (χ1) is 14.7. The Labute approximate surface area is 197 Å². The molecule has 3 aromatic rings. The second-order valence-corrected chi connectivity index (χ2v) is 12.7. The summed E-state index contributed by atoms with van der Waals surface area (Å²) in [6.07, 6.45) is 0. The van der Waals surface area contributed by atoms with E-state index in [1.807, 2.05) is 31.5 Å². The second kappa shape index (κ2) is 8.67. The molecular weight excluding hydrogens is 442 g/mol. The number of thioether (sulfide) groups is 1. The van der Waals surface area contributed by atoms with Crippen molar-refractivity contribution in [3.63, 3.8) is 0 Å². The number of carbonyl (C=O) groups excluding carboxylic acids is 1. The van der Waals surface area contributed by atoms with Gasteiger partial charge in [-0.2, -0.15) is 5.10 Å². The number of nitrogens with one attached hydrogen (secondary N) is 2. The first kappa shape index (κ1) is 24.5. The molecule has 0 saturated heterocycles. The lowest BCUT2D eigenvalue weighted by atomic mass is 9.92. The number of thiophene rings is 1. The predicted octanol–water partition coefficient (Wildman–Crippen LogP) is 5.11. The Bertz CT molecular complexity index is 1210. The summed E-state index contributed by atoms with van der Waals surface area (Å²) in [4.78, 5) is 34.7. The van der Waals surface area contributed by atoms with E-state index in [-0.39, 0.29) is 27.7 Å². The van der Waals surface area contributed by atoms with Gasteiger partial charge < -0.3 is 10.3 Å². The Balaban J connectivity index is 1.74. The number of rotatable bonds is 5. The zero-order valence-electron chi connectivity index (χ0n) is 20.3. The zero-order chi connectivity index (χ0) is 24.0. The predicted molar refractivity (Wildman–Crippen MR) is 135 cm³/mol. The minimum Gasteiger partial charge on any atom is -0.310 e. The number of hydrogen-bond donors (Lipinski definition) is 2.